The van der Waals surface area contributed by atoms with E-state index in [4.69, 9.17) is 5.11 Å². The number of benzene rings is 1. The maximum Gasteiger partial charge on any atom is 0.251 e. The number of phenols is 1. The van der Waals surface area contributed by atoms with Crippen molar-refractivity contribution in [3.05, 3.63) is 29.8 Å². The Labute approximate surface area is 93.5 Å². The van der Waals surface area contributed by atoms with Gasteiger partial charge in [-0.1, -0.05) is 6.07 Å². The fourth-order valence-electron chi connectivity index (χ4n) is 1.16. The first-order valence-corrected chi connectivity index (χ1v) is 4.91. The molecule has 0 aliphatic rings. The molecule has 0 radical (unpaired) electrons. The van der Waals surface area contributed by atoms with Gasteiger partial charge in [0, 0.05) is 25.6 Å². The number of nitrogens with one attached hydrogen (secondary N) is 2. The van der Waals surface area contributed by atoms with Gasteiger partial charge in [-0.3, -0.25) is 9.59 Å². The van der Waals surface area contributed by atoms with E-state index in [1.54, 1.807) is 19.2 Å². The summed E-state index contributed by atoms with van der Waals surface area (Å²) in [4.78, 5) is 22.4. The van der Waals surface area contributed by atoms with E-state index in [0.29, 0.717) is 5.56 Å². The van der Waals surface area contributed by atoms with Gasteiger partial charge in [0.05, 0.1) is 0 Å². The summed E-state index contributed by atoms with van der Waals surface area (Å²) in [6, 6.07) is 6.04. The van der Waals surface area contributed by atoms with Gasteiger partial charge >= 0.3 is 0 Å². The molecule has 0 unspecified atom stereocenters. The van der Waals surface area contributed by atoms with Gasteiger partial charge in [0.15, 0.2) is 0 Å². The van der Waals surface area contributed by atoms with Gasteiger partial charge in [0.1, 0.15) is 5.75 Å². The molecule has 0 aliphatic heterocycles. The number of phenolic OH excluding ortho intramolecular Hbond substituents is 1. The van der Waals surface area contributed by atoms with Gasteiger partial charge in [-0.25, -0.2) is 0 Å². The molecule has 0 aromatic heterocycles. The van der Waals surface area contributed by atoms with Crippen LogP contribution in [0.1, 0.15) is 16.8 Å². The van der Waals surface area contributed by atoms with Gasteiger partial charge < -0.3 is 15.7 Å². The van der Waals surface area contributed by atoms with Crippen LogP contribution in [0.3, 0.4) is 0 Å². The van der Waals surface area contributed by atoms with E-state index in [0.717, 1.165) is 0 Å². The molecule has 0 saturated heterocycles. The van der Waals surface area contributed by atoms with Crippen LogP contribution < -0.4 is 10.6 Å². The molecular formula is C11H14N2O3. The quantitative estimate of drug-likeness (QED) is 0.683. The van der Waals surface area contributed by atoms with Crippen LogP contribution in [-0.2, 0) is 4.79 Å². The Kier molecular flexibility index (Phi) is 4.32. The van der Waals surface area contributed by atoms with Crippen LogP contribution in [0, 0.1) is 0 Å². The van der Waals surface area contributed by atoms with E-state index >= 15 is 0 Å². The molecular weight excluding hydrogens is 208 g/mol. The van der Waals surface area contributed by atoms with Crippen molar-refractivity contribution >= 4 is 11.8 Å². The number of carbonyl (C=O) groups is 2. The average Bonchev–Trinajstić information content (AvgIpc) is 2.28. The number of hydrogen-bond acceptors (Lipinski definition) is 3. The molecule has 0 atom stereocenters. The predicted octanol–water partition coefficient (Wildman–Crippen LogP) is 0.258. The van der Waals surface area contributed by atoms with Crippen LogP contribution in [0.15, 0.2) is 24.3 Å². The van der Waals surface area contributed by atoms with Crippen molar-refractivity contribution < 1.29 is 14.7 Å². The maximum atomic E-state index is 11.5. The van der Waals surface area contributed by atoms with E-state index in [9.17, 15) is 9.59 Å². The third-order valence-corrected chi connectivity index (χ3v) is 2.02. The molecule has 0 bridgehead atoms. The van der Waals surface area contributed by atoms with E-state index in [1.807, 2.05) is 0 Å². The summed E-state index contributed by atoms with van der Waals surface area (Å²) in [5.41, 5.74) is 0.372. The molecule has 0 spiro atoms. The smallest absolute Gasteiger partial charge is 0.251 e. The van der Waals surface area contributed by atoms with Gasteiger partial charge in [-0.2, -0.15) is 0 Å². The Bertz CT molecular complexity index is 391. The van der Waals surface area contributed by atoms with E-state index in [1.165, 1.54) is 12.1 Å². The third kappa shape index (κ3) is 3.61. The minimum Gasteiger partial charge on any atom is -0.508 e. The Morgan fingerprint density at radius 2 is 2.12 bits per heavy atom. The van der Waals surface area contributed by atoms with Crippen LogP contribution >= 0.6 is 0 Å². The van der Waals surface area contributed by atoms with Crippen molar-refractivity contribution in [1.82, 2.24) is 10.6 Å². The zero-order valence-electron chi connectivity index (χ0n) is 8.99. The number of amides is 2. The van der Waals surface area contributed by atoms with E-state index in [-0.39, 0.29) is 30.5 Å². The zero-order chi connectivity index (χ0) is 12.0. The summed E-state index contributed by atoms with van der Waals surface area (Å²) in [6.45, 7) is 0.272. The van der Waals surface area contributed by atoms with Gasteiger partial charge in [-0.15, -0.1) is 0 Å². The van der Waals surface area contributed by atoms with Crippen molar-refractivity contribution in [3.8, 4) is 5.75 Å². The molecule has 1 rings (SSSR count). The van der Waals surface area contributed by atoms with Crippen molar-refractivity contribution in [2.45, 2.75) is 6.42 Å². The van der Waals surface area contributed by atoms with Crippen molar-refractivity contribution in [1.29, 1.82) is 0 Å². The van der Waals surface area contributed by atoms with Crippen LogP contribution in [0.4, 0.5) is 0 Å². The van der Waals surface area contributed by atoms with Gasteiger partial charge in [0.2, 0.25) is 5.91 Å². The second kappa shape index (κ2) is 5.75. The molecule has 0 heterocycles. The highest BCUT2D eigenvalue weighted by Crippen LogP contribution is 2.10. The van der Waals surface area contributed by atoms with E-state index in [2.05, 4.69) is 10.6 Å². The molecule has 16 heavy (non-hydrogen) atoms. The zero-order valence-corrected chi connectivity index (χ0v) is 8.99. The van der Waals surface area contributed by atoms with Gasteiger partial charge in [-0.05, 0) is 18.2 Å². The number of aromatic hydroxyl groups is 1. The average molecular weight is 222 g/mol. The number of rotatable bonds is 4. The lowest BCUT2D eigenvalue weighted by molar-refractivity contribution is -0.120. The van der Waals surface area contributed by atoms with Crippen LogP contribution in [0.2, 0.25) is 0 Å². The Morgan fingerprint density at radius 1 is 1.38 bits per heavy atom. The lowest BCUT2D eigenvalue weighted by atomic mass is 10.2. The molecule has 0 fully saturated rings. The summed E-state index contributed by atoms with van der Waals surface area (Å²) in [6.07, 6.45) is 0.237. The molecule has 1 aromatic rings. The first-order chi connectivity index (χ1) is 7.63. The number of hydrogen-bond donors (Lipinski definition) is 3. The minimum absolute atomic E-state index is 0.0407. The summed E-state index contributed by atoms with van der Waals surface area (Å²) < 4.78 is 0. The summed E-state index contributed by atoms with van der Waals surface area (Å²) in [5, 5.41) is 14.2. The van der Waals surface area contributed by atoms with Crippen LogP contribution in [0.5, 0.6) is 5.75 Å². The van der Waals surface area contributed by atoms with E-state index < -0.39 is 0 Å². The summed E-state index contributed by atoms with van der Waals surface area (Å²) in [5.74, 6) is -0.394. The highest BCUT2D eigenvalue weighted by Gasteiger charge is 2.06. The second-order valence-corrected chi connectivity index (χ2v) is 3.23. The van der Waals surface area contributed by atoms with Gasteiger partial charge in [0.25, 0.3) is 5.91 Å². The van der Waals surface area contributed by atoms with Crippen molar-refractivity contribution in [2.75, 3.05) is 13.6 Å². The maximum absolute atomic E-state index is 11.5. The van der Waals surface area contributed by atoms with Crippen LogP contribution in [0.25, 0.3) is 0 Å². The largest absolute Gasteiger partial charge is 0.508 e. The molecule has 5 nitrogen and oxygen atoms in total. The predicted molar refractivity (Wildman–Crippen MR) is 59.1 cm³/mol. The first-order valence-electron chi connectivity index (χ1n) is 4.91. The van der Waals surface area contributed by atoms with Crippen molar-refractivity contribution in [3.63, 3.8) is 0 Å². The molecule has 86 valence electrons. The molecule has 0 aliphatic carbocycles. The fourth-order valence-corrected chi connectivity index (χ4v) is 1.16. The molecule has 2 amide bonds. The fraction of sp³-hybridized carbons (Fsp3) is 0.273. The lowest BCUT2D eigenvalue weighted by Gasteiger charge is -2.04. The topological polar surface area (TPSA) is 78.4 Å². The Balaban J connectivity index is 2.44. The second-order valence-electron chi connectivity index (χ2n) is 3.23. The highest BCUT2D eigenvalue weighted by atomic mass is 16.3. The first kappa shape index (κ1) is 12.0. The monoisotopic (exact) mass is 222 g/mol. The third-order valence-electron chi connectivity index (χ3n) is 2.02. The van der Waals surface area contributed by atoms with Crippen LogP contribution in [-0.4, -0.2) is 30.5 Å². The lowest BCUT2D eigenvalue weighted by Crippen LogP contribution is -2.29. The minimum atomic E-state index is -0.306. The molecule has 3 N–H and O–H groups in total. The highest BCUT2D eigenvalue weighted by molar-refractivity contribution is 5.94. The Morgan fingerprint density at radius 3 is 2.75 bits per heavy atom. The standard InChI is InChI=1S/C11H14N2O3/c1-12-10(15)5-6-13-11(16)8-3-2-4-9(14)7-8/h2-4,7,14H,5-6H2,1H3,(H,12,15)(H,13,16). The molecule has 5 heteroatoms. The summed E-state index contributed by atoms with van der Waals surface area (Å²) in [7, 11) is 1.54. The Hall–Kier alpha value is -2.04. The number of carbonyl (C=O) groups excluding carboxylic acids is 2. The molecule has 1 aromatic carbocycles. The normalized spacial score (nSPS) is 9.56. The SMILES string of the molecule is CNC(=O)CCNC(=O)c1cccc(O)c1. The van der Waals surface area contributed by atoms with Crippen molar-refractivity contribution in [2.24, 2.45) is 0 Å². The molecule has 0 saturated carbocycles. The summed E-state index contributed by atoms with van der Waals surface area (Å²) >= 11 is 0.